The van der Waals surface area contributed by atoms with Gasteiger partial charge >= 0.3 is 0 Å². The molecule has 0 fully saturated rings. The van der Waals surface area contributed by atoms with Crippen LogP contribution in [-0.4, -0.2) is 51.2 Å². The summed E-state index contributed by atoms with van der Waals surface area (Å²) >= 11 is 0. The fourth-order valence-electron chi connectivity index (χ4n) is 7.58. The molecule has 0 aromatic heterocycles. The molecule has 0 saturated carbocycles. The van der Waals surface area contributed by atoms with Crippen LogP contribution >= 0.6 is 0 Å². The van der Waals surface area contributed by atoms with Gasteiger partial charge in [0, 0.05) is 31.0 Å². The molecule has 6 nitrogen and oxygen atoms in total. The summed E-state index contributed by atoms with van der Waals surface area (Å²) in [4.78, 5) is 15.4. The number of nitrogens with one attached hydrogen (secondary N) is 1. The Morgan fingerprint density at radius 1 is 0.878 bits per heavy atom. The van der Waals surface area contributed by atoms with Crippen molar-refractivity contribution in [1.29, 1.82) is 0 Å². The van der Waals surface area contributed by atoms with Crippen LogP contribution in [0.5, 0.6) is 11.5 Å². The SMILES string of the molecule is COc1cc2c(cc1OC)C(CCCN)N(CCCC(CCCNC(=O)CCc1ccc(F)cc1)(c1ccccc1)c1ccccc1)CC2. The zero-order valence-corrected chi connectivity index (χ0v) is 29.1. The summed E-state index contributed by atoms with van der Waals surface area (Å²) in [6.07, 6.45) is 7.69. The van der Waals surface area contributed by atoms with E-state index in [0.29, 0.717) is 25.9 Å². The smallest absolute Gasteiger partial charge is 0.220 e. The number of ether oxygens (including phenoxy) is 2. The maximum atomic E-state index is 13.3. The number of rotatable bonds is 18. The number of nitrogens with zero attached hydrogens (tertiary/aromatic N) is 1. The third-order valence-corrected chi connectivity index (χ3v) is 10.2. The fraction of sp³-hybridized carbons (Fsp3) is 0.405. The second-order valence-corrected chi connectivity index (χ2v) is 13.1. The third-order valence-electron chi connectivity index (χ3n) is 10.2. The van der Waals surface area contributed by atoms with Gasteiger partial charge in [-0.3, -0.25) is 9.69 Å². The second-order valence-electron chi connectivity index (χ2n) is 13.1. The van der Waals surface area contributed by atoms with Crippen molar-refractivity contribution < 1.29 is 18.7 Å². The summed E-state index contributed by atoms with van der Waals surface area (Å²) in [6, 6.07) is 32.7. The molecule has 4 aromatic rings. The largest absolute Gasteiger partial charge is 0.493 e. The molecule has 0 bridgehead atoms. The molecule has 7 heteroatoms. The Morgan fingerprint density at radius 2 is 1.51 bits per heavy atom. The van der Waals surface area contributed by atoms with Crippen molar-refractivity contribution in [2.75, 3.05) is 40.4 Å². The topological polar surface area (TPSA) is 76.8 Å². The summed E-state index contributed by atoms with van der Waals surface area (Å²) < 4.78 is 24.6. The van der Waals surface area contributed by atoms with E-state index in [-0.39, 0.29) is 23.2 Å². The second kappa shape index (κ2) is 18.0. The van der Waals surface area contributed by atoms with Crippen molar-refractivity contribution in [3.05, 3.63) is 131 Å². The fourth-order valence-corrected chi connectivity index (χ4v) is 7.58. The lowest BCUT2D eigenvalue weighted by molar-refractivity contribution is -0.121. The quantitative estimate of drug-likeness (QED) is 0.106. The normalized spacial score (nSPS) is 14.7. The molecule has 5 rings (SSSR count). The number of amides is 1. The van der Waals surface area contributed by atoms with Crippen LogP contribution in [0.25, 0.3) is 0 Å². The third kappa shape index (κ3) is 9.28. The van der Waals surface area contributed by atoms with Crippen molar-refractivity contribution in [3.8, 4) is 11.5 Å². The molecule has 0 radical (unpaired) electrons. The van der Waals surface area contributed by atoms with E-state index < -0.39 is 0 Å². The minimum Gasteiger partial charge on any atom is -0.493 e. The van der Waals surface area contributed by atoms with Crippen LogP contribution in [0.1, 0.15) is 78.8 Å². The first-order chi connectivity index (χ1) is 24.0. The molecule has 1 heterocycles. The molecule has 49 heavy (non-hydrogen) atoms. The zero-order chi connectivity index (χ0) is 34.5. The average molecular weight is 666 g/mol. The Kier molecular flexibility index (Phi) is 13.2. The minimum atomic E-state index is -0.261. The van der Waals surface area contributed by atoms with Crippen molar-refractivity contribution in [2.45, 2.75) is 69.2 Å². The molecular formula is C42H52FN3O3. The molecule has 0 saturated heterocycles. The number of nitrogens with two attached hydrogens (primary N) is 1. The summed E-state index contributed by atoms with van der Waals surface area (Å²) in [5, 5.41) is 3.15. The first-order valence-electron chi connectivity index (χ1n) is 17.8. The maximum Gasteiger partial charge on any atom is 0.220 e. The van der Waals surface area contributed by atoms with Gasteiger partial charge in [-0.15, -0.1) is 0 Å². The monoisotopic (exact) mass is 665 g/mol. The number of hydrogen-bond donors (Lipinski definition) is 2. The molecule has 1 unspecified atom stereocenters. The first-order valence-corrected chi connectivity index (χ1v) is 17.8. The lowest BCUT2D eigenvalue weighted by atomic mass is 9.68. The molecule has 1 aliphatic heterocycles. The van der Waals surface area contributed by atoms with Gasteiger partial charge in [-0.2, -0.15) is 0 Å². The number of fused-ring (bicyclic) bond motifs is 1. The average Bonchev–Trinajstić information content (AvgIpc) is 3.15. The van der Waals surface area contributed by atoms with Crippen molar-refractivity contribution >= 4 is 5.91 Å². The van der Waals surface area contributed by atoms with Crippen LogP contribution in [0, 0.1) is 5.82 Å². The highest BCUT2D eigenvalue weighted by Crippen LogP contribution is 2.43. The van der Waals surface area contributed by atoms with E-state index in [1.165, 1.54) is 34.4 Å². The highest BCUT2D eigenvalue weighted by atomic mass is 19.1. The van der Waals surface area contributed by atoms with Gasteiger partial charge in [0.1, 0.15) is 5.82 Å². The van der Waals surface area contributed by atoms with E-state index in [9.17, 15) is 9.18 Å². The van der Waals surface area contributed by atoms with E-state index in [0.717, 1.165) is 75.1 Å². The van der Waals surface area contributed by atoms with Gasteiger partial charge in [0.2, 0.25) is 5.91 Å². The standard InChI is InChI=1S/C42H52FN3O3/c1-48-39-30-33-23-29-46(38(16-9-26-44)37(33)31-40(39)49-2)28-11-25-42(34-12-5-3-6-13-34,35-14-7-4-8-15-35)24-10-27-45-41(47)22-19-32-17-20-36(43)21-18-32/h3-8,12-15,17-18,20-21,30-31,38H,9-11,16,19,22-29,44H2,1-2H3,(H,45,47). The predicted octanol–water partition coefficient (Wildman–Crippen LogP) is 7.78. The highest BCUT2D eigenvalue weighted by molar-refractivity contribution is 5.76. The Hall–Kier alpha value is -4.20. The van der Waals surface area contributed by atoms with Gasteiger partial charge in [-0.05, 0) is 117 Å². The summed E-state index contributed by atoms with van der Waals surface area (Å²) in [5.41, 5.74) is 12.1. The van der Waals surface area contributed by atoms with E-state index in [1.807, 2.05) is 0 Å². The molecular weight excluding hydrogens is 613 g/mol. The van der Waals surface area contributed by atoms with Gasteiger partial charge in [-0.1, -0.05) is 72.8 Å². The molecule has 3 N–H and O–H groups in total. The zero-order valence-electron chi connectivity index (χ0n) is 29.1. The molecule has 4 aromatic carbocycles. The van der Waals surface area contributed by atoms with E-state index in [2.05, 4.69) is 83.0 Å². The Labute approximate surface area is 291 Å². The number of benzene rings is 4. The summed E-state index contributed by atoms with van der Waals surface area (Å²) in [6.45, 7) is 3.25. The van der Waals surface area contributed by atoms with Crippen LogP contribution in [0.3, 0.4) is 0 Å². The Bertz CT molecular complexity index is 1560. The molecule has 1 aliphatic rings. The van der Waals surface area contributed by atoms with Crippen molar-refractivity contribution in [1.82, 2.24) is 10.2 Å². The molecule has 0 spiro atoms. The maximum absolute atomic E-state index is 13.3. The van der Waals surface area contributed by atoms with E-state index >= 15 is 0 Å². The first kappa shape index (κ1) is 36.1. The van der Waals surface area contributed by atoms with E-state index in [1.54, 1.807) is 26.4 Å². The van der Waals surface area contributed by atoms with Crippen LogP contribution in [0.15, 0.2) is 97.1 Å². The van der Waals surface area contributed by atoms with Crippen molar-refractivity contribution in [3.63, 3.8) is 0 Å². The van der Waals surface area contributed by atoms with Crippen LogP contribution in [0.2, 0.25) is 0 Å². The van der Waals surface area contributed by atoms with Gasteiger partial charge in [0.05, 0.1) is 14.2 Å². The molecule has 1 amide bonds. The number of methoxy groups -OCH3 is 2. The number of hydrogen-bond acceptors (Lipinski definition) is 5. The lowest BCUT2D eigenvalue weighted by Gasteiger charge is -2.40. The minimum absolute atomic E-state index is 0.0255. The van der Waals surface area contributed by atoms with E-state index in [4.69, 9.17) is 15.2 Å². The number of aryl methyl sites for hydroxylation is 1. The predicted molar refractivity (Wildman–Crippen MR) is 196 cm³/mol. The molecule has 0 aliphatic carbocycles. The van der Waals surface area contributed by atoms with Gasteiger partial charge in [-0.25, -0.2) is 4.39 Å². The number of carbonyl (C=O) groups excluding carboxylic acids is 1. The molecule has 1 atom stereocenters. The van der Waals surface area contributed by atoms with Crippen LogP contribution in [-0.2, 0) is 23.1 Å². The van der Waals surface area contributed by atoms with Gasteiger partial charge in [0.25, 0.3) is 0 Å². The van der Waals surface area contributed by atoms with Gasteiger partial charge < -0.3 is 20.5 Å². The Balaban J connectivity index is 1.30. The Morgan fingerprint density at radius 3 is 2.14 bits per heavy atom. The lowest BCUT2D eigenvalue weighted by Crippen LogP contribution is -2.38. The number of carbonyl (C=O) groups is 1. The summed E-state index contributed by atoms with van der Waals surface area (Å²) in [7, 11) is 3.40. The van der Waals surface area contributed by atoms with Crippen molar-refractivity contribution in [2.24, 2.45) is 5.73 Å². The highest BCUT2D eigenvalue weighted by Gasteiger charge is 2.35. The summed E-state index contributed by atoms with van der Waals surface area (Å²) in [5.74, 6) is 1.32. The van der Waals surface area contributed by atoms with Gasteiger partial charge in [0.15, 0.2) is 11.5 Å². The number of halogens is 1. The van der Waals surface area contributed by atoms with Crippen LogP contribution in [0.4, 0.5) is 4.39 Å². The van der Waals surface area contributed by atoms with Crippen LogP contribution < -0.4 is 20.5 Å². The molecule has 260 valence electrons.